The smallest absolute Gasteiger partial charge is 0.253 e. The number of aryl methyl sites for hydroxylation is 1. The Morgan fingerprint density at radius 3 is 2.28 bits per heavy atom. The van der Waals surface area contributed by atoms with Crippen LogP contribution >= 0.6 is 0 Å². The van der Waals surface area contributed by atoms with Gasteiger partial charge in [-0.15, -0.1) is 0 Å². The zero-order valence-electron chi connectivity index (χ0n) is 18.9. The molecule has 32 heavy (non-hydrogen) atoms. The summed E-state index contributed by atoms with van der Waals surface area (Å²) in [6, 6.07) is 15.2. The van der Waals surface area contributed by atoms with Crippen molar-refractivity contribution in [2.45, 2.75) is 13.5 Å². The van der Waals surface area contributed by atoms with Crippen LogP contribution < -0.4 is 9.64 Å². The standard InChI is InChI=1S/C25H29N5O2/c1-19-4-11-24(27-16-19)32-22-8-6-21(7-9-22)25(31)30-14-12-29(13-15-30)23-10-5-20(17-26-23)18-28(2)3/h4-11,16-17H,12-15,18H2,1-3H3. The first-order chi connectivity index (χ1) is 15.5. The van der Waals surface area contributed by atoms with E-state index in [1.165, 1.54) is 5.56 Å². The highest BCUT2D eigenvalue weighted by atomic mass is 16.5. The van der Waals surface area contributed by atoms with Gasteiger partial charge in [-0.1, -0.05) is 12.1 Å². The summed E-state index contributed by atoms with van der Waals surface area (Å²) < 4.78 is 5.75. The van der Waals surface area contributed by atoms with Crippen LogP contribution in [0.1, 0.15) is 21.5 Å². The van der Waals surface area contributed by atoms with Crippen molar-refractivity contribution in [2.24, 2.45) is 0 Å². The lowest BCUT2D eigenvalue weighted by Crippen LogP contribution is -2.49. The van der Waals surface area contributed by atoms with Crippen molar-refractivity contribution in [2.75, 3.05) is 45.2 Å². The minimum atomic E-state index is 0.0407. The van der Waals surface area contributed by atoms with Crippen molar-refractivity contribution < 1.29 is 9.53 Å². The van der Waals surface area contributed by atoms with Crippen LogP contribution in [-0.2, 0) is 6.54 Å². The molecule has 0 N–H and O–H groups in total. The van der Waals surface area contributed by atoms with Crippen molar-refractivity contribution >= 4 is 11.7 Å². The number of hydrogen-bond donors (Lipinski definition) is 0. The summed E-state index contributed by atoms with van der Waals surface area (Å²) in [6.45, 7) is 5.74. The molecule has 4 rings (SSSR count). The van der Waals surface area contributed by atoms with Crippen molar-refractivity contribution in [1.29, 1.82) is 0 Å². The Morgan fingerprint density at radius 2 is 1.69 bits per heavy atom. The van der Waals surface area contributed by atoms with Crippen molar-refractivity contribution in [1.82, 2.24) is 19.8 Å². The number of ether oxygens (including phenoxy) is 1. The second kappa shape index (κ2) is 9.78. The molecule has 1 saturated heterocycles. The second-order valence-electron chi connectivity index (χ2n) is 8.34. The normalized spacial score (nSPS) is 14.0. The Morgan fingerprint density at radius 1 is 0.938 bits per heavy atom. The lowest BCUT2D eigenvalue weighted by molar-refractivity contribution is 0.0746. The van der Waals surface area contributed by atoms with Crippen LogP contribution in [-0.4, -0.2) is 65.9 Å². The molecule has 1 aromatic carbocycles. The molecule has 2 aromatic heterocycles. The van der Waals surface area contributed by atoms with Crippen LogP contribution in [0.25, 0.3) is 0 Å². The number of benzene rings is 1. The van der Waals surface area contributed by atoms with Gasteiger partial charge in [-0.3, -0.25) is 4.79 Å². The van der Waals surface area contributed by atoms with Crippen LogP contribution in [0.5, 0.6) is 11.6 Å². The Balaban J connectivity index is 1.31. The molecule has 1 amide bonds. The molecule has 0 atom stereocenters. The molecule has 0 spiro atoms. The third-order valence-electron chi connectivity index (χ3n) is 5.41. The number of anilines is 1. The first-order valence-corrected chi connectivity index (χ1v) is 10.8. The fourth-order valence-electron chi connectivity index (χ4n) is 3.68. The number of amides is 1. The van der Waals surface area contributed by atoms with Gasteiger partial charge in [0, 0.05) is 56.7 Å². The van der Waals surface area contributed by atoms with Crippen LogP contribution in [0.15, 0.2) is 60.9 Å². The summed E-state index contributed by atoms with van der Waals surface area (Å²) in [5, 5.41) is 0. The van der Waals surface area contributed by atoms with Crippen LogP contribution in [0.4, 0.5) is 5.82 Å². The van der Waals surface area contributed by atoms with E-state index in [0.717, 1.165) is 31.0 Å². The average Bonchev–Trinajstić information content (AvgIpc) is 2.81. The van der Waals surface area contributed by atoms with E-state index in [9.17, 15) is 4.79 Å². The van der Waals surface area contributed by atoms with E-state index in [-0.39, 0.29) is 5.91 Å². The number of hydrogen-bond acceptors (Lipinski definition) is 6. The first kappa shape index (κ1) is 21.8. The molecule has 3 heterocycles. The van der Waals surface area contributed by atoms with Crippen molar-refractivity contribution in [3.8, 4) is 11.6 Å². The molecule has 166 valence electrons. The Labute approximate surface area is 189 Å². The third-order valence-corrected chi connectivity index (χ3v) is 5.41. The van der Waals surface area contributed by atoms with Crippen LogP contribution in [0, 0.1) is 6.92 Å². The maximum absolute atomic E-state index is 12.9. The molecular formula is C25H29N5O2. The fraction of sp³-hybridized carbons (Fsp3) is 0.320. The monoisotopic (exact) mass is 431 g/mol. The summed E-state index contributed by atoms with van der Waals surface area (Å²) in [4.78, 5) is 28.0. The minimum Gasteiger partial charge on any atom is -0.439 e. The molecule has 0 unspecified atom stereocenters. The lowest BCUT2D eigenvalue weighted by Gasteiger charge is -2.35. The molecule has 0 radical (unpaired) electrons. The molecule has 0 aliphatic carbocycles. The van der Waals surface area contributed by atoms with E-state index in [0.29, 0.717) is 30.3 Å². The highest BCUT2D eigenvalue weighted by Crippen LogP contribution is 2.21. The summed E-state index contributed by atoms with van der Waals surface area (Å²) in [5.74, 6) is 2.20. The largest absolute Gasteiger partial charge is 0.439 e. The molecule has 0 saturated carbocycles. The van der Waals surface area contributed by atoms with E-state index in [4.69, 9.17) is 4.74 Å². The van der Waals surface area contributed by atoms with Crippen molar-refractivity contribution in [3.05, 3.63) is 77.6 Å². The zero-order valence-corrected chi connectivity index (χ0v) is 18.9. The van der Waals surface area contributed by atoms with Gasteiger partial charge in [0.05, 0.1) is 0 Å². The van der Waals surface area contributed by atoms with E-state index < -0.39 is 0 Å². The third kappa shape index (κ3) is 5.42. The van der Waals surface area contributed by atoms with Gasteiger partial charge in [-0.2, -0.15) is 0 Å². The van der Waals surface area contributed by atoms with Gasteiger partial charge in [0.25, 0.3) is 5.91 Å². The van der Waals surface area contributed by atoms with Gasteiger partial charge in [-0.25, -0.2) is 9.97 Å². The minimum absolute atomic E-state index is 0.0407. The Hall–Kier alpha value is -3.45. The predicted octanol–water partition coefficient (Wildman–Crippen LogP) is 3.60. The average molecular weight is 432 g/mol. The SMILES string of the molecule is Cc1ccc(Oc2ccc(C(=O)N3CCN(c4ccc(CN(C)C)cn4)CC3)cc2)nc1. The highest BCUT2D eigenvalue weighted by Gasteiger charge is 2.23. The fourth-order valence-corrected chi connectivity index (χ4v) is 3.68. The second-order valence-corrected chi connectivity index (χ2v) is 8.34. The molecule has 1 aliphatic heterocycles. The maximum atomic E-state index is 12.9. The molecule has 3 aromatic rings. The zero-order chi connectivity index (χ0) is 22.5. The summed E-state index contributed by atoms with van der Waals surface area (Å²) in [6.07, 6.45) is 3.70. The van der Waals surface area contributed by atoms with E-state index in [2.05, 4.69) is 31.9 Å². The van der Waals surface area contributed by atoms with Gasteiger partial charge in [0.1, 0.15) is 11.6 Å². The first-order valence-electron chi connectivity index (χ1n) is 10.8. The topological polar surface area (TPSA) is 61.8 Å². The van der Waals surface area contributed by atoms with Crippen LogP contribution in [0.2, 0.25) is 0 Å². The number of nitrogens with zero attached hydrogens (tertiary/aromatic N) is 5. The van der Waals surface area contributed by atoms with Gasteiger partial charge >= 0.3 is 0 Å². The van der Waals surface area contributed by atoms with Gasteiger partial charge in [0.15, 0.2) is 0 Å². The van der Waals surface area contributed by atoms with E-state index >= 15 is 0 Å². The van der Waals surface area contributed by atoms with Gasteiger partial charge < -0.3 is 19.4 Å². The molecular weight excluding hydrogens is 402 g/mol. The van der Waals surface area contributed by atoms with Crippen molar-refractivity contribution in [3.63, 3.8) is 0 Å². The number of pyridine rings is 2. The number of piperazine rings is 1. The molecule has 1 aliphatic rings. The van der Waals surface area contributed by atoms with E-state index in [1.54, 1.807) is 6.20 Å². The highest BCUT2D eigenvalue weighted by molar-refractivity contribution is 5.94. The van der Waals surface area contributed by atoms with Gasteiger partial charge in [0.2, 0.25) is 5.88 Å². The quantitative estimate of drug-likeness (QED) is 0.594. The maximum Gasteiger partial charge on any atom is 0.253 e. The predicted molar refractivity (Wildman–Crippen MR) is 125 cm³/mol. The number of carbonyl (C=O) groups excluding carboxylic acids is 1. The lowest BCUT2D eigenvalue weighted by atomic mass is 10.1. The number of aromatic nitrogens is 2. The number of rotatable bonds is 6. The summed E-state index contributed by atoms with van der Waals surface area (Å²) >= 11 is 0. The number of carbonyl (C=O) groups is 1. The molecule has 7 heteroatoms. The summed E-state index contributed by atoms with van der Waals surface area (Å²) in [5.41, 5.74) is 2.93. The van der Waals surface area contributed by atoms with Crippen LogP contribution in [0.3, 0.4) is 0 Å². The summed E-state index contributed by atoms with van der Waals surface area (Å²) in [7, 11) is 4.10. The molecule has 0 bridgehead atoms. The van der Waals surface area contributed by atoms with E-state index in [1.807, 2.05) is 68.5 Å². The Kier molecular flexibility index (Phi) is 6.66. The Bertz CT molecular complexity index is 1030. The molecule has 1 fully saturated rings. The van der Waals surface area contributed by atoms with Gasteiger partial charge in [-0.05, 0) is 62.5 Å². The molecule has 7 nitrogen and oxygen atoms in total.